The van der Waals surface area contributed by atoms with Crippen molar-refractivity contribution in [3.05, 3.63) is 34.6 Å². The fraction of sp³-hybridized carbons (Fsp3) is 0.333. The van der Waals surface area contributed by atoms with Crippen LogP contribution in [0.1, 0.15) is 6.92 Å². The summed E-state index contributed by atoms with van der Waals surface area (Å²) in [4.78, 5) is 40.0. The van der Waals surface area contributed by atoms with E-state index in [1.165, 1.54) is 11.7 Å². The number of ether oxygens (including phenoxy) is 2. The van der Waals surface area contributed by atoms with Gasteiger partial charge in [-0.1, -0.05) is 23.9 Å². The first-order valence-electron chi connectivity index (χ1n) is 6.91. The van der Waals surface area contributed by atoms with E-state index in [9.17, 15) is 14.4 Å². The maximum atomic E-state index is 12.6. The van der Waals surface area contributed by atoms with Crippen molar-refractivity contribution in [2.45, 2.75) is 18.6 Å². The summed E-state index contributed by atoms with van der Waals surface area (Å²) in [6, 6.07) is 6.82. The summed E-state index contributed by atoms with van der Waals surface area (Å²) in [6.45, 7) is 1.72. The van der Waals surface area contributed by atoms with Gasteiger partial charge in [-0.25, -0.2) is 4.98 Å². The molecule has 0 unspecified atom stereocenters. The zero-order chi connectivity index (χ0) is 16.8. The Hall–Kier alpha value is -2.35. The summed E-state index contributed by atoms with van der Waals surface area (Å²) in [7, 11) is 1.24. The van der Waals surface area contributed by atoms with E-state index in [0.29, 0.717) is 10.9 Å². The average Bonchev–Trinajstić information content (AvgIpc) is 2.56. The maximum absolute atomic E-state index is 12.6. The molecule has 122 valence electrons. The van der Waals surface area contributed by atoms with Gasteiger partial charge < -0.3 is 9.47 Å². The Kier molecular flexibility index (Phi) is 5.75. The third kappa shape index (κ3) is 4.10. The first-order chi connectivity index (χ1) is 11.1. The van der Waals surface area contributed by atoms with Crippen LogP contribution in [0.3, 0.4) is 0 Å². The van der Waals surface area contributed by atoms with E-state index >= 15 is 0 Å². The molecule has 0 amide bonds. The molecule has 8 heteroatoms. The van der Waals surface area contributed by atoms with Gasteiger partial charge in [-0.15, -0.1) is 0 Å². The molecule has 1 aromatic heterocycles. The molecule has 2 aromatic rings. The number of thioether (sulfide) groups is 1. The van der Waals surface area contributed by atoms with Crippen LogP contribution >= 0.6 is 11.8 Å². The van der Waals surface area contributed by atoms with Crippen molar-refractivity contribution in [2.24, 2.45) is 0 Å². The Morgan fingerprint density at radius 2 is 2.00 bits per heavy atom. The fourth-order valence-corrected chi connectivity index (χ4v) is 2.71. The highest BCUT2D eigenvalue weighted by atomic mass is 32.2. The van der Waals surface area contributed by atoms with E-state index in [1.807, 2.05) is 0 Å². The number of hydrogen-bond donors (Lipinski definition) is 0. The monoisotopic (exact) mass is 336 g/mol. The number of hydrogen-bond acceptors (Lipinski definition) is 7. The van der Waals surface area contributed by atoms with Crippen molar-refractivity contribution in [1.29, 1.82) is 0 Å². The van der Waals surface area contributed by atoms with Crippen LogP contribution in [0, 0.1) is 0 Å². The zero-order valence-electron chi connectivity index (χ0n) is 12.8. The van der Waals surface area contributed by atoms with Gasteiger partial charge in [-0.3, -0.25) is 19.0 Å². The first kappa shape index (κ1) is 17.0. The Labute approximate surface area is 136 Å². The number of benzene rings is 1. The number of aromatic nitrogens is 2. The van der Waals surface area contributed by atoms with Gasteiger partial charge in [0.05, 0.1) is 30.4 Å². The molecule has 7 nitrogen and oxygen atoms in total. The number of methoxy groups -OCH3 is 1. The largest absolute Gasteiger partial charge is 0.468 e. The number of fused-ring (bicyclic) bond motifs is 1. The number of para-hydroxylation sites is 1. The molecule has 0 spiro atoms. The average molecular weight is 336 g/mol. The molecule has 1 aromatic carbocycles. The molecule has 2 rings (SSSR count). The number of rotatable bonds is 6. The molecule has 23 heavy (non-hydrogen) atoms. The quantitative estimate of drug-likeness (QED) is 0.445. The Morgan fingerprint density at radius 3 is 2.70 bits per heavy atom. The molecule has 0 saturated heterocycles. The van der Waals surface area contributed by atoms with Crippen LogP contribution < -0.4 is 5.56 Å². The highest BCUT2D eigenvalue weighted by Crippen LogP contribution is 2.18. The van der Waals surface area contributed by atoms with Crippen molar-refractivity contribution in [1.82, 2.24) is 9.55 Å². The van der Waals surface area contributed by atoms with Crippen LogP contribution in [0.15, 0.2) is 34.2 Å². The molecule has 0 fully saturated rings. The molecule has 0 N–H and O–H groups in total. The first-order valence-corrected chi connectivity index (χ1v) is 7.90. The lowest BCUT2D eigenvalue weighted by atomic mass is 10.2. The highest BCUT2D eigenvalue weighted by molar-refractivity contribution is 7.99. The van der Waals surface area contributed by atoms with Crippen LogP contribution in [0.4, 0.5) is 0 Å². The summed E-state index contributed by atoms with van der Waals surface area (Å²) in [5.41, 5.74) is 0.150. The van der Waals surface area contributed by atoms with Crippen molar-refractivity contribution in [3.63, 3.8) is 0 Å². The van der Waals surface area contributed by atoms with E-state index in [2.05, 4.69) is 9.72 Å². The van der Waals surface area contributed by atoms with Crippen LogP contribution in [0.5, 0.6) is 0 Å². The molecular formula is C15H16N2O5S. The minimum absolute atomic E-state index is 0.000205. The molecule has 0 atom stereocenters. The molecule has 0 saturated carbocycles. The second-order valence-corrected chi connectivity index (χ2v) is 5.42. The van der Waals surface area contributed by atoms with E-state index in [1.54, 1.807) is 31.2 Å². The lowest BCUT2D eigenvalue weighted by Gasteiger charge is -2.11. The third-order valence-electron chi connectivity index (χ3n) is 2.97. The lowest BCUT2D eigenvalue weighted by Crippen LogP contribution is -2.27. The van der Waals surface area contributed by atoms with E-state index < -0.39 is 11.9 Å². The predicted octanol–water partition coefficient (Wildman–Crippen LogP) is 1.22. The minimum atomic E-state index is -0.567. The SMILES string of the molecule is CCOC(=O)CSc1nc2ccccc2c(=O)n1CC(=O)OC. The Balaban J connectivity index is 2.43. The number of carbonyl (C=O) groups excluding carboxylic acids is 2. The second-order valence-electron chi connectivity index (χ2n) is 4.47. The van der Waals surface area contributed by atoms with Crippen LogP contribution in [0.2, 0.25) is 0 Å². The molecule has 0 aliphatic carbocycles. The summed E-state index contributed by atoms with van der Waals surface area (Å²) in [5, 5.41) is 0.670. The maximum Gasteiger partial charge on any atom is 0.325 e. The molecular weight excluding hydrogens is 320 g/mol. The molecule has 0 radical (unpaired) electrons. The van der Waals surface area contributed by atoms with Crippen molar-refractivity contribution < 1.29 is 19.1 Å². The van der Waals surface area contributed by atoms with Gasteiger partial charge in [0.2, 0.25) is 0 Å². The third-order valence-corrected chi connectivity index (χ3v) is 3.92. The topological polar surface area (TPSA) is 87.5 Å². The molecule has 0 aliphatic rings. The van der Waals surface area contributed by atoms with Crippen molar-refractivity contribution in [2.75, 3.05) is 19.5 Å². The fourth-order valence-electron chi connectivity index (χ4n) is 1.92. The van der Waals surface area contributed by atoms with Gasteiger partial charge in [0.1, 0.15) is 6.54 Å². The minimum Gasteiger partial charge on any atom is -0.468 e. The van der Waals surface area contributed by atoms with Crippen LogP contribution in [-0.4, -0.2) is 41.0 Å². The van der Waals surface area contributed by atoms with Crippen LogP contribution in [0.25, 0.3) is 10.9 Å². The predicted molar refractivity (Wildman–Crippen MR) is 85.4 cm³/mol. The Morgan fingerprint density at radius 1 is 1.26 bits per heavy atom. The summed E-state index contributed by atoms with van der Waals surface area (Å²) in [6.07, 6.45) is 0. The van der Waals surface area contributed by atoms with Gasteiger partial charge in [0.15, 0.2) is 5.16 Å². The molecule has 1 heterocycles. The van der Waals surface area contributed by atoms with E-state index in [0.717, 1.165) is 11.8 Å². The zero-order valence-corrected chi connectivity index (χ0v) is 13.6. The highest BCUT2D eigenvalue weighted by Gasteiger charge is 2.16. The lowest BCUT2D eigenvalue weighted by molar-refractivity contribution is -0.141. The van der Waals surface area contributed by atoms with Gasteiger partial charge in [-0.2, -0.15) is 0 Å². The van der Waals surface area contributed by atoms with Gasteiger partial charge in [-0.05, 0) is 19.1 Å². The smallest absolute Gasteiger partial charge is 0.325 e. The van der Waals surface area contributed by atoms with Crippen molar-refractivity contribution in [3.8, 4) is 0 Å². The van der Waals surface area contributed by atoms with Crippen LogP contribution in [-0.2, 0) is 25.6 Å². The molecule has 0 aliphatic heterocycles. The Bertz CT molecular complexity index is 787. The van der Waals surface area contributed by atoms with Gasteiger partial charge in [0, 0.05) is 0 Å². The number of esters is 2. The van der Waals surface area contributed by atoms with Crippen molar-refractivity contribution >= 4 is 34.6 Å². The standard InChI is InChI=1S/C15H16N2O5S/c1-3-22-13(19)9-23-15-16-11-7-5-4-6-10(11)14(20)17(15)8-12(18)21-2/h4-7H,3,8-9H2,1-2H3. The molecule has 0 bridgehead atoms. The number of nitrogens with zero attached hydrogens (tertiary/aromatic N) is 2. The number of carbonyl (C=O) groups is 2. The van der Waals surface area contributed by atoms with E-state index in [-0.39, 0.29) is 29.6 Å². The second kappa shape index (κ2) is 7.77. The van der Waals surface area contributed by atoms with Gasteiger partial charge in [0.25, 0.3) is 5.56 Å². The summed E-state index contributed by atoms with van der Waals surface area (Å²) >= 11 is 1.05. The summed E-state index contributed by atoms with van der Waals surface area (Å²) in [5.74, 6) is -0.980. The van der Waals surface area contributed by atoms with E-state index in [4.69, 9.17) is 4.74 Å². The van der Waals surface area contributed by atoms with Gasteiger partial charge >= 0.3 is 11.9 Å². The summed E-state index contributed by atoms with van der Waals surface area (Å²) < 4.78 is 10.7. The normalized spacial score (nSPS) is 10.5.